The van der Waals surface area contributed by atoms with E-state index in [1.54, 1.807) is 19.5 Å². The lowest BCUT2D eigenvalue weighted by Crippen LogP contribution is -2.02. The maximum absolute atomic E-state index is 5.04. The van der Waals surface area contributed by atoms with Gasteiger partial charge in [0.05, 0.1) is 24.5 Å². The number of nitrogens with one attached hydrogen (secondary N) is 1. The third-order valence-electron chi connectivity index (χ3n) is 3.04. The Bertz CT molecular complexity index is 707. The van der Waals surface area contributed by atoms with Crippen molar-refractivity contribution in [1.82, 2.24) is 15.2 Å². The molecule has 20 heavy (non-hydrogen) atoms. The lowest BCUT2D eigenvalue weighted by Gasteiger charge is -2.08. The van der Waals surface area contributed by atoms with Crippen LogP contribution >= 0.6 is 0 Å². The monoisotopic (exact) mass is 266 g/mol. The number of hydrogen-bond acceptors (Lipinski definition) is 5. The van der Waals surface area contributed by atoms with Crippen molar-refractivity contribution >= 4 is 16.6 Å². The molecule has 2 heterocycles. The van der Waals surface area contributed by atoms with Crippen molar-refractivity contribution in [3.05, 3.63) is 54.4 Å². The minimum Gasteiger partial charge on any atom is -0.481 e. The van der Waals surface area contributed by atoms with Crippen LogP contribution in [0, 0.1) is 0 Å². The van der Waals surface area contributed by atoms with Crippen molar-refractivity contribution in [3.8, 4) is 5.88 Å². The number of benzene rings is 1. The molecular formula is C15H14N4O. The van der Waals surface area contributed by atoms with Crippen molar-refractivity contribution in [2.75, 3.05) is 12.4 Å². The third-order valence-corrected chi connectivity index (χ3v) is 3.04. The molecule has 1 N–H and O–H groups in total. The van der Waals surface area contributed by atoms with E-state index in [4.69, 9.17) is 4.74 Å². The molecule has 0 aliphatic heterocycles. The van der Waals surface area contributed by atoms with E-state index in [0.29, 0.717) is 12.4 Å². The summed E-state index contributed by atoms with van der Waals surface area (Å²) < 4.78 is 5.04. The van der Waals surface area contributed by atoms with Crippen molar-refractivity contribution in [1.29, 1.82) is 0 Å². The standard InChI is InChI=1S/C15H14N4O/c1-20-15-7-6-11(9-17-15)8-16-14-10-18-19-13-5-3-2-4-12(13)14/h2-7,9-10H,8H2,1H3,(H,16,19). The minimum absolute atomic E-state index is 0.616. The lowest BCUT2D eigenvalue weighted by atomic mass is 10.2. The van der Waals surface area contributed by atoms with Gasteiger partial charge in [-0.3, -0.25) is 0 Å². The smallest absolute Gasteiger partial charge is 0.212 e. The Morgan fingerprint density at radius 3 is 2.80 bits per heavy atom. The van der Waals surface area contributed by atoms with E-state index in [2.05, 4.69) is 20.5 Å². The van der Waals surface area contributed by atoms with Crippen LogP contribution in [-0.2, 0) is 6.54 Å². The number of fused-ring (bicyclic) bond motifs is 1. The van der Waals surface area contributed by atoms with Gasteiger partial charge in [0.25, 0.3) is 0 Å². The number of rotatable bonds is 4. The van der Waals surface area contributed by atoms with E-state index in [-0.39, 0.29) is 0 Å². The Balaban J connectivity index is 1.79. The fourth-order valence-electron chi connectivity index (χ4n) is 1.98. The van der Waals surface area contributed by atoms with E-state index in [9.17, 15) is 0 Å². The van der Waals surface area contributed by atoms with Crippen molar-refractivity contribution in [2.24, 2.45) is 0 Å². The molecule has 0 radical (unpaired) electrons. The van der Waals surface area contributed by atoms with Gasteiger partial charge in [-0.25, -0.2) is 4.98 Å². The van der Waals surface area contributed by atoms with E-state index in [1.165, 1.54) is 0 Å². The molecule has 3 aromatic rings. The summed E-state index contributed by atoms with van der Waals surface area (Å²) in [5, 5.41) is 12.5. The van der Waals surface area contributed by atoms with Gasteiger partial charge < -0.3 is 10.1 Å². The second-order valence-corrected chi connectivity index (χ2v) is 4.34. The lowest BCUT2D eigenvalue weighted by molar-refractivity contribution is 0.397. The molecule has 0 amide bonds. The second-order valence-electron chi connectivity index (χ2n) is 4.34. The number of anilines is 1. The fraction of sp³-hybridized carbons (Fsp3) is 0.133. The summed E-state index contributed by atoms with van der Waals surface area (Å²) in [7, 11) is 1.61. The summed E-state index contributed by atoms with van der Waals surface area (Å²) in [4.78, 5) is 4.18. The molecule has 3 rings (SSSR count). The van der Waals surface area contributed by atoms with Crippen LogP contribution in [0.5, 0.6) is 5.88 Å². The van der Waals surface area contributed by atoms with Gasteiger partial charge in [-0.2, -0.15) is 10.2 Å². The molecule has 0 fully saturated rings. The first kappa shape index (κ1) is 12.3. The average Bonchev–Trinajstić information content (AvgIpc) is 2.53. The number of ether oxygens (including phenoxy) is 1. The van der Waals surface area contributed by atoms with Gasteiger partial charge >= 0.3 is 0 Å². The minimum atomic E-state index is 0.616. The quantitative estimate of drug-likeness (QED) is 0.786. The number of nitrogens with zero attached hydrogens (tertiary/aromatic N) is 3. The van der Waals surface area contributed by atoms with Crippen LogP contribution in [0.1, 0.15) is 5.56 Å². The molecule has 2 aromatic heterocycles. The van der Waals surface area contributed by atoms with Crippen LogP contribution in [-0.4, -0.2) is 22.3 Å². The molecule has 100 valence electrons. The van der Waals surface area contributed by atoms with E-state index >= 15 is 0 Å². The van der Waals surface area contributed by atoms with E-state index < -0.39 is 0 Å². The molecule has 0 atom stereocenters. The summed E-state index contributed by atoms with van der Waals surface area (Å²) in [5.74, 6) is 0.616. The summed E-state index contributed by atoms with van der Waals surface area (Å²) in [6, 6.07) is 11.7. The Morgan fingerprint density at radius 1 is 1.10 bits per heavy atom. The first-order valence-corrected chi connectivity index (χ1v) is 6.30. The Labute approximate surface area is 116 Å². The Hall–Kier alpha value is -2.69. The van der Waals surface area contributed by atoms with Gasteiger partial charge in [0.15, 0.2) is 0 Å². The van der Waals surface area contributed by atoms with Gasteiger partial charge in [-0.1, -0.05) is 24.3 Å². The Morgan fingerprint density at radius 2 is 2.00 bits per heavy atom. The Kier molecular flexibility index (Phi) is 3.41. The SMILES string of the molecule is COc1ccc(CNc2cnnc3ccccc23)cn1. The van der Waals surface area contributed by atoms with Gasteiger partial charge in [0.2, 0.25) is 5.88 Å². The molecule has 5 nitrogen and oxygen atoms in total. The molecular weight excluding hydrogens is 252 g/mol. The van der Waals surface area contributed by atoms with Crippen molar-refractivity contribution in [2.45, 2.75) is 6.54 Å². The molecule has 5 heteroatoms. The van der Waals surface area contributed by atoms with Crippen LogP contribution in [0.15, 0.2) is 48.8 Å². The van der Waals surface area contributed by atoms with Crippen LogP contribution in [0.3, 0.4) is 0 Å². The highest BCUT2D eigenvalue weighted by Crippen LogP contribution is 2.20. The maximum atomic E-state index is 5.04. The summed E-state index contributed by atoms with van der Waals surface area (Å²) in [5.41, 5.74) is 2.92. The third kappa shape index (κ3) is 2.51. The number of pyridine rings is 1. The molecule has 0 aliphatic carbocycles. The second kappa shape index (κ2) is 5.52. The normalized spacial score (nSPS) is 10.4. The van der Waals surface area contributed by atoms with Gasteiger partial charge in [-0.05, 0) is 11.6 Å². The molecule has 0 spiro atoms. The molecule has 0 unspecified atom stereocenters. The largest absolute Gasteiger partial charge is 0.481 e. The molecule has 0 aliphatic rings. The maximum Gasteiger partial charge on any atom is 0.212 e. The summed E-state index contributed by atoms with van der Waals surface area (Å²) >= 11 is 0. The molecule has 0 bridgehead atoms. The van der Waals surface area contributed by atoms with E-state index in [1.807, 2.05) is 36.4 Å². The average molecular weight is 266 g/mol. The molecule has 0 saturated carbocycles. The first-order valence-electron chi connectivity index (χ1n) is 6.30. The fourth-order valence-corrected chi connectivity index (χ4v) is 1.98. The zero-order valence-electron chi connectivity index (χ0n) is 11.1. The van der Waals surface area contributed by atoms with Crippen LogP contribution in [0.2, 0.25) is 0 Å². The number of methoxy groups -OCH3 is 1. The molecule has 0 saturated heterocycles. The first-order chi connectivity index (χ1) is 9.86. The highest BCUT2D eigenvalue weighted by molar-refractivity contribution is 5.90. The number of hydrogen-bond donors (Lipinski definition) is 1. The summed E-state index contributed by atoms with van der Waals surface area (Å²) in [6.45, 7) is 0.673. The van der Waals surface area contributed by atoms with Crippen LogP contribution < -0.4 is 10.1 Å². The number of aromatic nitrogens is 3. The van der Waals surface area contributed by atoms with Crippen molar-refractivity contribution < 1.29 is 4.74 Å². The van der Waals surface area contributed by atoms with Crippen LogP contribution in [0.25, 0.3) is 10.9 Å². The van der Waals surface area contributed by atoms with Crippen LogP contribution in [0.4, 0.5) is 5.69 Å². The van der Waals surface area contributed by atoms with E-state index in [0.717, 1.165) is 22.2 Å². The van der Waals surface area contributed by atoms with Crippen molar-refractivity contribution in [3.63, 3.8) is 0 Å². The van der Waals surface area contributed by atoms with Gasteiger partial charge in [0, 0.05) is 24.2 Å². The zero-order valence-corrected chi connectivity index (χ0v) is 11.1. The highest BCUT2D eigenvalue weighted by Gasteiger charge is 2.02. The molecule has 1 aromatic carbocycles. The zero-order chi connectivity index (χ0) is 13.8. The highest BCUT2D eigenvalue weighted by atomic mass is 16.5. The summed E-state index contributed by atoms with van der Waals surface area (Å²) in [6.07, 6.45) is 3.53. The van der Waals surface area contributed by atoms with Gasteiger partial charge in [-0.15, -0.1) is 0 Å². The van der Waals surface area contributed by atoms with Gasteiger partial charge in [0.1, 0.15) is 0 Å². The predicted octanol–water partition coefficient (Wildman–Crippen LogP) is 2.65. The predicted molar refractivity (Wildman–Crippen MR) is 77.7 cm³/mol. The topological polar surface area (TPSA) is 59.9 Å².